The van der Waals surface area contributed by atoms with Crippen molar-refractivity contribution in [2.75, 3.05) is 0 Å². The topological polar surface area (TPSA) is 12.0 Å². The van der Waals surface area contributed by atoms with Crippen LogP contribution in [0.5, 0.6) is 0 Å². The summed E-state index contributed by atoms with van der Waals surface area (Å²) < 4.78 is 0. The maximum Gasteiger partial charge on any atom is 0.0409 e. The maximum absolute atomic E-state index is 6.24. The van der Waals surface area contributed by atoms with Gasteiger partial charge in [0.05, 0.1) is 0 Å². The van der Waals surface area contributed by atoms with Gasteiger partial charge in [0, 0.05) is 17.1 Å². The molecule has 0 fully saturated rings. The fourth-order valence-electron chi connectivity index (χ4n) is 3.67. The Hall–Kier alpha value is -0.530. The van der Waals surface area contributed by atoms with Gasteiger partial charge in [-0.2, -0.15) is 0 Å². The smallest absolute Gasteiger partial charge is 0.0409 e. The first-order valence-corrected chi connectivity index (χ1v) is 8.90. The van der Waals surface area contributed by atoms with Crippen LogP contribution >= 0.6 is 11.6 Å². The number of hydrogen-bond donors (Lipinski definition) is 1. The van der Waals surface area contributed by atoms with E-state index >= 15 is 0 Å². The molecule has 1 aromatic carbocycles. The Morgan fingerprint density at radius 3 is 2.67 bits per heavy atom. The van der Waals surface area contributed by atoms with Gasteiger partial charge in [-0.05, 0) is 47.9 Å². The van der Waals surface area contributed by atoms with Crippen LogP contribution in [0.3, 0.4) is 0 Å². The zero-order valence-electron chi connectivity index (χ0n) is 14.0. The maximum atomic E-state index is 6.24. The van der Waals surface area contributed by atoms with Crippen LogP contribution in [0.1, 0.15) is 77.0 Å². The number of benzene rings is 1. The number of hydrogen-bond acceptors (Lipinski definition) is 1. The molecule has 2 heteroatoms. The first-order chi connectivity index (χ1) is 9.97. The number of halogens is 1. The van der Waals surface area contributed by atoms with Crippen molar-refractivity contribution < 1.29 is 0 Å². The highest BCUT2D eigenvalue weighted by Crippen LogP contribution is 2.46. The lowest BCUT2D eigenvalue weighted by Crippen LogP contribution is -2.38. The highest BCUT2D eigenvalue weighted by Gasteiger charge is 2.39. The van der Waals surface area contributed by atoms with Gasteiger partial charge in [0.1, 0.15) is 0 Å². The molecular formula is C19H30ClN. The van der Waals surface area contributed by atoms with Crippen molar-refractivity contribution in [2.24, 2.45) is 5.41 Å². The minimum atomic E-state index is 0.269. The van der Waals surface area contributed by atoms with E-state index in [9.17, 15) is 0 Å². The molecule has 21 heavy (non-hydrogen) atoms. The van der Waals surface area contributed by atoms with Crippen LogP contribution in [-0.4, -0.2) is 6.04 Å². The van der Waals surface area contributed by atoms with E-state index in [1.54, 1.807) is 0 Å². The molecule has 0 aromatic heterocycles. The van der Waals surface area contributed by atoms with Gasteiger partial charge in [0.15, 0.2) is 0 Å². The second-order valence-electron chi connectivity index (χ2n) is 7.24. The summed E-state index contributed by atoms with van der Waals surface area (Å²) in [6.07, 6.45) is 7.53. The zero-order valence-corrected chi connectivity index (χ0v) is 14.8. The van der Waals surface area contributed by atoms with Crippen molar-refractivity contribution >= 4 is 11.6 Å². The van der Waals surface area contributed by atoms with Crippen LogP contribution in [0.2, 0.25) is 5.02 Å². The molecule has 2 atom stereocenters. The third-order valence-electron chi connectivity index (χ3n) is 4.79. The lowest BCUT2D eigenvalue weighted by atomic mass is 9.84. The standard InChI is InChI=1S/C19H30ClN/c1-5-7-9-16(8-6-2)21-18-17-12-15(20)11-10-14(17)13-19(18,3)4/h10-12,16,18,21H,5-9,13H2,1-4H3. The Morgan fingerprint density at radius 2 is 2.00 bits per heavy atom. The Balaban J connectivity index is 2.18. The summed E-state index contributed by atoms with van der Waals surface area (Å²) in [7, 11) is 0. The lowest BCUT2D eigenvalue weighted by molar-refractivity contribution is 0.236. The Kier molecular flexibility index (Phi) is 5.73. The summed E-state index contributed by atoms with van der Waals surface area (Å²) >= 11 is 6.24. The van der Waals surface area contributed by atoms with Crippen molar-refractivity contribution in [1.29, 1.82) is 0 Å². The normalized spacial score (nSPS) is 21.3. The number of fused-ring (bicyclic) bond motifs is 1. The number of rotatable bonds is 7. The van der Waals surface area contributed by atoms with Gasteiger partial charge in [-0.15, -0.1) is 0 Å². The quantitative estimate of drug-likeness (QED) is 0.660. The highest BCUT2D eigenvalue weighted by molar-refractivity contribution is 6.30. The summed E-state index contributed by atoms with van der Waals surface area (Å²) in [4.78, 5) is 0. The van der Waals surface area contributed by atoms with Crippen LogP contribution in [-0.2, 0) is 6.42 Å². The third-order valence-corrected chi connectivity index (χ3v) is 5.03. The summed E-state index contributed by atoms with van der Waals surface area (Å²) in [5, 5.41) is 4.83. The molecule has 0 amide bonds. The Labute approximate surface area is 135 Å². The number of unbranched alkanes of at least 4 members (excludes halogenated alkanes) is 1. The molecule has 0 aliphatic heterocycles. The SMILES string of the molecule is CCCCC(CCC)NC1c2cc(Cl)ccc2CC1(C)C. The molecule has 0 spiro atoms. The molecule has 1 aliphatic rings. The molecule has 0 bridgehead atoms. The monoisotopic (exact) mass is 307 g/mol. The molecule has 1 aliphatic carbocycles. The molecule has 2 unspecified atom stereocenters. The number of nitrogens with one attached hydrogen (secondary N) is 1. The molecule has 0 saturated heterocycles. The van der Waals surface area contributed by atoms with Gasteiger partial charge >= 0.3 is 0 Å². The van der Waals surface area contributed by atoms with Gasteiger partial charge in [-0.3, -0.25) is 0 Å². The third kappa shape index (κ3) is 4.02. The molecule has 1 N–H and O–H groups in total. The fourth-order valence-corrected chi connectivity index (χ4v) is 3.85. The Bertz CT molecular complexity index is 467. The summed E-state index contributed by atoms with van der Waals surface area (Å²) in [5.74, 6) is 0. The summed E-state index contributed by atoms with van der Waals surface area (Å²) in [6.45, 7) is 9.31. The van der Waals surface area contributed by atoms with Crippen LogP contribution in [0, 0.1) is 5.41 Å². The molecule has 0 heterocycles. The van der Waals surface area contributed by atoms with Crippen molar-refractivity contribution in [2.45, 2.75) is 78.3 Å². The molecule has 118 valence electrons. The molecular weight excluding hydrogens is 278 g/mol. The molecule has 0 radical (unpaired) electrons. The van der Waals surface area contributed by atoms with E-state index < -0.39 is 0 Å². The predicted molar refractivity (Wildman–Crippen MR) is 93.0 cm³/mol. The van der Waals surface area contributed by atoms with Crippen LogP contribution in [0.4, 0.5) is 0 Å². The van der Waals surface area contributed by atoms with E-state index in [-0.39, 0.29) is 5.41 Å². The first kappa shape index (κ1) is 16.8. The van der Waals surface area contributed by atoms with Crippen LogP contribution in [0.25, 0.3) is 0 Å². The molecule has 0 saturated carbocycles. The second-order valence-corrected chi connectivity index (χ2v) is 7.67. The average Bonchev–Trinajstić information content (AvgIpc) is 2.67. The Morgan fingerprint density at radius 1 is 1.24 bits per heavy atom. The zero-order chi connectivity index (χ0) is 15.5. The van der Waals surface area contributed by atoms with Crippen molar-refractivity contribution in [1.82, 2.24) is 5.32 Å². The van der Waals surface area contributed by atoms with Gasteiger partial charge in [-0.25, -0.2) is 0 Å². The summed E-state index contributed by atoms with van der Waals surface area (Å²) in [6, 6.07) is 7.47. The minimum Gasteiger partial charge on any atom is -0.307 e. The summed E-state index contributed by atoms with van der Waals surface area (Å²) in [5.41, 5.74) is 3.16. The highest BCUT2D eigenvalue weighted by atomic mass is 35.5. The van der Waals surface area contributed by atoms with Crippen LogP contribution < -0.4 is 5.32 Å². The van der Waals surface area contributed by atoms with Gasteiger partial charge in [0.2, 0.25) is 0 Å². The van der Waals surface area contributed by atoms with E-state index in [1.807, 2.05) is 6.07 Å². The largest absolute Gasteiger partial charge is 0.307 e. The minimum absolute atomic E-state index is 0.269. The first-order valence-electron chi connectivity index (χ1n) is 8.52. The van der Waals surface area contributed by atoms with Gasteiger partial charge in [0.25, 0.3) is 0 Å². The average molecular weight is 308 g/mol. The van der Waals surface area contributed by atoms with Gasteiger partial charge in [-0.1, -0.05) is 64.6 Å². The van der Waals surface area contributed by atoms with E-state index in [4.69, 9.17) is 11.6 Å². The van der Waals surface area contributed by atoms with Crippen molar-refractivity contribution in [3.05, 3.63) is 34.3 Å². The predicted octanol–water partition coefficient (Wildman–Crippen LogP) is 5.91. The second kappa shape index (κ2) is 7.15. The molecule has 1 aromatic rings. The fraction of sp³-hybridized carbons (Fsp3) is 0.684. The van der Waals surface area contributed by atoms with E-state index in [0.29, 0.717) is 12.1 Å². The lowest BCUT2D eigenvalue weighted by Gasteiger charge is -2.33. The van der Waals surface area contributed by atoms with Crippen molar-refractivity contribution in [3.63, 3.8) is 0 Å². The van der Waals surface area contributed by atoms with E-state index in [2.05, 4.69) is 45.1 Å². The van der Waals surface area contributed by atoms with E-state index in [1.165, 1.54) is 43.2 Å². The van der Waals surface area contributed by atoms with E-state index in [0.717, 1.165) is 11.4 Å². The molecule has 1 nitrogen and oxygen atoms in total. The van der Waals surface area contributed by atoms with Gasteiger partial charge < -0.3 is 5.32 Å². The van der Waals surface area contributed by atoms with Crippen molar-refractivity contribution in [3.8, 4) is 0 Å². The molecule has 2 rings (SSSR count). The van der Waals surface area contributed by atoms with Crippen LogP contribution in [0.15, 0.2) is 18.2 Å².